The number of carboxylic acid groups (broad SMARTS) is 1. The van der Waals surface area contributed by atoms with Crippen molar-refractivity contribution >= 4 is 17.5 Å². The summed E-state index contributed by atoms with van der Waals surface area (Å²) in [6.45, 7) is 2.42. The zero-order valence-corrected chi connectivity index (χ0v) is 13.3. The number of hydrogen-bond acceptors (Lipinski definition) is 5. The van der Waals surface area contributed by atoms with Crippen molar-refractivity contribution in [3.63, 3.8) is 0 Å². The van der Waals surface area contributed by atoms with Crippen molar-refractivity contribution in [2.24, 2.45) is 0 Å². The molecule has 0 saturated carbocycles. The highest BCUT2D eigenvalue weighted by atomic mass is 19.1. The SMILES string of the molecule is COc1cccc(F)c1N1CCN(c2cccc(C(=O)O)n2)CC1. The average molecular weight is 331 g/mol. The zero-order chi connectivity index (χ0) is 17.1. The number of carbonyl (C=O) groups is 1. The van der Waals surface area contributed by atoms with Crippen molar-refractivity contribution in [1.82, 2.24) is 4.98 Å². The quantitative estimate of drug-likeness (QED) is 0.927. The van der Waals surface area contributed by atoms with Crippen molar-refractivity contribution < 1.29 is 19.0 Å². The lowest BCUT2D eigenvalue weighted by atomic mass is 10.2. The van der Waals surface area contributed by atoms with E-state index in [0.717, 1.165) is 0 Å². The number of aromatic nitrogens is 1. The summed E-state index contributed by atoms with van der Waals surface area (Å²) in [5.41, 5.74) is 0.484. The first-order valence-electron chi connectivity index (χ1n) is 7.63. The number of benzene rings is 1. The van der Waals surface area contributed by atoms with Crippen molar-refractivity contribution in [3.05, 3.63) is 47.9 Å². The van der Waals surface area contributed by atoms with E-state index >= 15 is 0 Å². The molecular weight excluding hydrogens is 313 g/mol. The van der Waals surface area contributed by atoms with Gasteiger partial charge in [0.25, 0.3) is 0 Å². The number of para-hydroxylation sites is 1. The number of rotatable bonds is 4. The van der Waals surface area contributed by atoms with E-state index in [4.69, 9.17) is 9.84 Å². The minimum absolute atomic E-state index is 0.0192. The van der Waals surface area contributed by atoms with Crippen molar-refractivity contribution in [3.8, 4) is 5.75 Å². The van der Waals surface area contributed by atoms with Crippen LogP contribution in [0, 0.1) is 5.82 Å². The molecule has 2 heterocycles. The Hall–Kier alpha value is -2.83. The van der Waals surface area contributed by atoms with E-state index in [2.05, 4.69) is 4.98 Å². The number of hydrogen-bond donors (Lipinski definition) is 1. The van der Waals surface area contributed by atoms with Crippen LogP contribution in [0.5, 0.6) is 5.75 Å². The Bertz CT molecular complexity index is 746. The molecule has 6 nitrogen and oxygen atoms in total. The lowest BCUT2D eigenvalue weighted by Gasteiger charge is -2.37. The predicted octanol–water partition coefficient (Wildman–Crippen LogP) is 2.25. The fraction of sp³-hybridized carbons (Fsp3) is 0.294. The predicted molar refractivity (Wildman–Crippen MR) is 88.6 cm³/mol. The molecule has 1 aromatic carbocycles. The third-order valence-electron chi connectivity index (χ3n) is 4.04. The number of halogens is 1. The number of pyridine rings is 1. The molecule has 0 bridgehead atoms. The normalized spacial score (nSPS) is 14.6. The fourth-order valence-corrected chi connectivity index (χ4v) is 2.84. The minimum Gasteiger partial charge on any atom is -0.494 e. The van der Waals surface area contributed by atoms with Crippen molar-refractivity contribution in [2.75, 3.05) is 43.1 Å². The Morgan fingerprint density at radius 1 is 1.12 bits per heavy atom. The summed E-state index contributed by atoms with van der Waals surface area (Å²) in [6, 6.07) is 9.70. The van der Waals surface area contributed by atoms with Gasteiger partial charge in [-0.1, -0.05) is 12.1 Å². The molecule has 1 aromatic heterocycles. The van der Waals surface area contributed by atoms with E-state index in [0.29, 0.717) is 43.4 Å². The molecular formula is C17H18FN3O3. The summed E-state index contributed by atoms with van der Waals surface area (Å²) in [4.78, 5) is 19.1. The highest BCUT2D eigenvalue weighted by molar-refractivity contribution is 5.85. The molecule has 0 atom stereocenters. The summed E-state index contributed by atoms with van der Waals surface area (Å²) in [6.07, 6.45) is 0. The number of anilines is 2. The number of aromatic carboxylic acids is 1. The second kappa shape index (κ2) is 6.74. The number of carboxylic acids is 1. The van der Waals surface area contributed by atoms with Gasteiger partial charge in [0.05, 0.1) is 7.11 Å². The van der Waals surface area contributed by atoms with Crippen molar-refractivity contribution in [1.29, 1.82) is 0 Å². The molecule has 2 aromatic rings. The van der Waals surface area contributed by atoms with Gasteiger partial charge in [0.15, 0.2) is 5.69 Å². The van der Waals surface area contributed by atoms with Crippen LogP contribution in [0.3, 0.4) is 0 Å². The molecule has 1 N–H and O–H groups in total. The molecule has 0 unspecified atom stereocenters. The Labute approximate surface area is 139 Å². The maximum Gasteiger partial charge on any atom is 0.354 e. The van der Waals surface area contributed by atoms with Gasteiger partial charge in [0.2, 0.25) is 0 Å². The maximum atomic E-state index is 14.2. The van der Waals surface area contributed by atoms with Gasteiger partial charge in [-0.2, -0.15) is 0 Å². The molecule has 126 valence electrons. The molecule has 0 radical (unpaired) electrons. The van der Waals surface area contributed by atoms with E-state index in [-0.39, 0.29) is 11.5 Å². The van der Waals surface area contributed by atoms with E-state index in [9.17, 15) is 9.18 Å². The Kier molecular flexibility index (Phi) is 4.50. The van der Waals surface area contributed by atoms with E-state index < -0.39 is 5.97 Å². The minimum atomic E-state index is -1.05. The summed E-state index contributed by atoms with van der Waals surface area (Å²) in [5.74, 6) is -0.232. The van der Waals surface area contributed by atoms with Gasteiger partial charge in [0, 0.05) is 26.2 Å². The van der Waals surface area contributed by atoms with Crippen LogP contribution in [0.1, 0.15) is 10.5 Å². The van der Waals surface area contributed by atoms with Gasteiger partial charge >= 0.3 is 5.97 Å². The van der Waals surface area contributed by atoms with Gasteiger partial charge in [0.1, 0.15) is 23.1 Å². The zero-order valence-electron chi connectivity index (χ0n) is 13.3. The third-order valence-corrected chi connectivity index (χ3v) is 4.04. The first-order valence-corrected chi connectivity index (χ1v) is 7.63. The van der Waals surface area contributed by atoms with Crippen LogP contribution in [0.2, 0.25) is 0 Å². The largest absolute Gasteiger partial charge is 0.494 e. The number of ether oxygens (including phenoxy) is 1. The lowest BCUT2D eigenvalue weighted by Crippen LogP contribution is -2.47. The van der Waals surface area contributed by atoms with Crippen LogP contribution < -0.4 is 14.5 Å². The number of nitrogens with zero attached hydrogens (tertiary/aromatic N) is 3. The molecule has 7 heteroatoms. The van der Waals surface area contributed by atoms with Gasteiger partial charge < -0.3 is 19.6 Å². The van der Waals surface area contributed by atoms with Gasteiger partial charge in [-0.15, -0.1) is 0 Å². The van der Waals surface area contributed by atoms with E-state index in [1.807, 2.05) is 9.80 Å². The molecule has 1 saturated heterocycles. The highest BCUT2D eigenvalue weighted by Crippen LogP contribution is 2.32. The lowest BCUT2D eigenvalue weighted by molar-refractivity contribution is 0.0690. The topological polar surface area (TPSA) is 65.9 Å². The monoisotopic (exact) mass is 331 g/mol. The van der Waals surface area contributed by atoms with Crippen LogP contribution in [0.4, 0.5) is 15.9 Å². The van der Waals surface area contributed by atoms with Gasteiger partial charge in [-0.25, -0.2) is 14.2 Å². The molecule has 1 fully saturated rings. The van der Waals surface area contributed by atoms with Gasteiger partial charge in [-0.3, -0.25) is 0 Å². The first kappa shape index (κ1) is 16.0. The highest BCUT2D eigenvalue weighted by Gasteiger charge is 2.23. The standard InChI is InChI=1S/C17H18FN3O3/c1-24-14-6-2-4-12(18)16(14)21-10-8-20(9-11-21)15-7-3-5-13(19-15)17(22)23/h2-7H,8-11H2,1H3,(H,22,23). The smallest absolute Gasteiger partial charge is 0.354 e. The second-order valence-corrected chi connectivity index (χ2v) is 5.45. The van der Waals surface area contributed by atoms with Crippen LogP contribution in [-0.2, 0) is 0 Å². The van der Waals surface area contributed by atoms with E-state index in [1.54, 1.807) is 24.3 Å². The van der Waals surface area contributed by atoms with Crippen LogP contribution in [0.25, 0.3) is 0 Å². The molecule has 24 heavy (non-hydrogen) atoms. The molecule has 1 aliphatic heterocycles. The first-order chi connectivity index (χ1) is 11.6. The Morgan fingerprint density at radius 2 is 1.79 bits per heavy atom. The Morgan fingerprint density at radius 3 is 2.46 bits per heavy atom. The molecule has 0 aliphatic carbocycles. The molecule has 0 amide bonds. The number of piperazine rings is 1. The molecule has 0 spiro atoms. The third kappa shape index (κ3) is 3.10. The summed E-state index contributed by atoms with van der Waals surface area (Å²) >= 11 is 0. The second-order valence-electron chi connectivity index (χ2n) is 5.45. The van der Waals surface area contributed by atoms with E-state index in [1.165, 1.54) is 19.2 Å². The summed E-state index contributed by atoms with van der Waals surface area (Å²) in [5, 5.41) is 9.04. The summed E-state index contributed by atoms with van der Waals surface area (Å²) in [7, 11) is 1.52. The van der Waals surface area contributed by atoms with Crippen molar-refractivity contribution in [2.45, 2.75) is 0 Å². The van der Waals surface area contributed by atoms with Crippen LogP contribution in [-0.4, -0.2) is 49.3 Å². The maximum absolute atomic E-state index is 14.2. The number of methoxy groups -OCH3 is 1. The summed E-state index contributed by atoms with van der Waals surface area (Å²) < 4.78 is 19.4. The van der Waals surface area contributed by atoms with Crippen LogP contribution in [0.15, 0.2) is 36.4 Å². The average Bonchev–Trinajstić information content (AvgIpc) is 2.61. The molecule has 1 aliphatic rings. The van der Waals surface area contributed by atoms with Gasteiger partial charge in [-0.05, 0) is 24.3 Å². The fourth-order valence-electron chi connectivity index (χ4n) is 2.84. The van der Waals surface area contributed by atoms with Crippen LogP contribution >= 0.6 is 0 Å². The Balaban J connectivity index is 1.75. The molecule has 3 rings (SSSR count).